The van der Waals surface area contributed by atoms with Crippen LogP contribution in [0.3, 0.4) is 0 Å². The number of anilines is 2. The lowest BCUT2D eigenvalue weighted by atomic mass is 9.86. The molecule has 1 saturated carbocycles. The van der Waals surface area contributed by atoms with Gasteiger partial charge in [0.1, 0.15) is 0 Å². The maximum Gasteiger partial charge on any atom is 0.163 e. The molecule has 0 spiro atoms. The first kappa shape index (κ1) is 15.6. The molecular formula is C17H17ClN4O. The Kier molecular flexibility index (Phi) is 4.63. The summed E-state index contributed by atoms with van der Waals surface area (Å²) in [4.78, 5) is 11.3. The highest BCUT2D eigenvalue weighted by molar-refractivity contribution is 6.30. The van der Waals surface area contributed by atoms with Crippen molar-refractivity contribution < 1.29 is 4.79 Å². The molecule has 118 valence electrons. The summed E-state index contributed by atoms with van der Waals surface area (Å²) in [5, 5.41) is 17.6. The molecule has 0 aliphatic heterocycles. The zero-order chi connectivity index (χ0) is 16.2. The zero-order valence-corrected chi connectivity index (χ0v) is 13.3. The number of carbonyl (C=O) groups excluding carboxylic acids is 1. The number of aldehydes is 1. The van der Waals surface area contributed by atoms with Gasteiger partial charge in [-0.15, -0.1) is 0 Å². The van der Waals surface area contributed by atoms with E-state index in [1.54, 1.807) is 23.0 Å². The van der Waals surface area contributed by atoms with Crippen LogP contribution >= 0.6 is 11.6 Å². The molecule has 1 heterocycles. The van der Waals surface area contributed by atoms with Gasteiger partial charge < -0.3 is 5.32 Å². The Balaban J connectivity index is 1.87. The third kappa shape index (κ3) is 3.38. The molecule has 1 aromatic carbocycles. The summed E-state index contributed by atoms with van der Waals surface area (Å²) in [5.41, 5.74) is 1.30. The van der Waals surface area contributed by atoms with Gasteiger partial charge in [-0.3, -0.25) is 9.48 Å². The lowest BCUT2D eigenvalue weighted by Gasteiger charge is -2.26. The maximum atomic E-state index is 11.3. The van der Waals surface area contributed by atoms with Crippen LogP contribution in [0.15, 0.2) is 30.5 Å². The van der Waals surface area contributed by atoms with Crippen molar-refractivity contribution in [3.63, 3.8) is 0 Å². The van der Waals surface area contributed by atoms with Crippen molar-refractivity contribution >= 4 is 29.4 Å². The molecular weight excluding hydrogens is 312 g/mol. The Morgan fingerprint density at radius 1 is 1.30 bits per heavy atom. The van der Waals surface area contributed by atoms with E-state index in [0.29, 0.717) is 16.4 Å². The van der Waals surface area contributed by atoms with Crippen molar-refractivity contribution in [3.05, 3.63) is 41.0 Å². The maximum absolute atomic E-state index is 11.3. The van der Waals surface area contributed by atoms with Gasteiger partial charge in [-0.05, 0) is 37.1 Å². The average molecular weight is 329 g/mol. The van der Waals surface area contributed by atoms with E-state index in [4.69, 9.17) is 11.6 Å². The van der Waals surface area contributed by atoms with E-state index < -0.39 is 0 Å². The summed E-state index contributed by atoms with van der Waals surface area (Å²) in [5.74, 6) is 0.455. The molecule has 1 aliphatic carbocycles. The van der Waals surface area contributed by atoms with E-state index in [1.807, 2.05) is 12.1 Å². The number of nitrogens with one attached hydrogen (secondary N) is 1. The molecule has 0 saturated heterocycles. The summed E-state index contributed by atoms with van der Waals surface area (Å²) in [6, 6.07) is 9.61. The SMILES string of the molecule is N#CC1CCCCC1n1cc(C=O)c(Nc2ccc(Cl)cc2)n1. The molecule has 2 atom stereocenters. The molecule has 6 heteroatoms. The first-order chi connectivity index (χ1) is 11.2. The molecule has 23 heavy (non-hydrogen) atoms. The second-order valence-corrected chi connectivity index (χ2v) is 6.19. The lowest BCUT2D eigenvalue weighted by molar-refractivity contribution is 0.112. The van der Waals surface area contributed by atoms with Gasteiger partial charge in [0.15, 0.2) is 12.1 Å². The van der Waals surface area contributed by atoms with Crippen molar-refractivity contribution in [2.24, 2.45) is 5.92 Å². The third-order valence-corrected chi connectivity index (χ3v) is 4.48. The van der Waals surface area contributed by atoms with Gasteiger partial charge in [-0.1, -0.05) is 24.4 Å². The fourth-order valence-electron chi connectivity index (χ4n) is 3.01. The Hall–Kier alpha value is -2.32. The zero-order valence-electron chi connectivity index (χ0n) is 12.6. The van der Waals surface area contributed by atoms with Gasteiger partial charge in [0.05, 0.1) is 23.6 Å². The van der Waals surface area contributed by atoms with Gasteiger partial charge in [0.25, 0.3) is 0 Å². The summed E-state index contributed by atoms with van der Waals surface area (Å²) in [6.45, 7) is 0. The minimum atomic E-state index is -0.0495. The van der Waals surface area contributed by atoms with Gasteiger partial charge in [0, 0.05) is 16.9 Å². The molecule has 3 rings (SSSR count). The van der Waals surface area contributed by atoms with E-state index in [9.17, 15) is 10.1 Å². The Labute approximate surface area is 139 Å². The minimum Gasteiger partial charge on any atom is -0.338 e. The van der Waals surface area contributed by atoms with Crippen LogP contribution in [0.2, 0.25) is 5.02 Å². The van der Waals surface area contributed by atoms with Crippen LogP contribution in [0.1, 0.15) is 42.1 Å². The molecule has 1 aliphatic rings. The van der Waals surface area contributed by atoms with Crippen LogP contribution in [0.4, 0.5) is 11.5 Å². The molecule has 2 aromatic rings. The van der Waals surface area contributed by atoms with E-state index in [2.05, 4.69) is 16.5 Å². The predicted octanol–water partition coefficient (Wildman–Crippen LogP) is 4.35. The van der Waals surface area contributed by atoms with E-state index in [-0.39, 0.29) is 12.0 Å². The van der Waals surface area contributed by atoms with Crippen LogP contribution in [0.25, 0.3) is 0 Å². The van der Waals surface area contributed by atoms with Crippen LogP contribution in [-0.4, -0.2) is 16.1 Å². The molecule has 2 unspecified atom stereocenters. The van der Waals surface area contributed by atoms with E-state index >= 15 is 0 Å². The predicted molar refractivity (Wildman–Crippen MR) is 89.0 cm³/mol. The van der Waals surface area contributed by atoms with Gasteiger partial charge >= 0.3 is 0 Å². The fraction of sp³-hybridized carbons (Fsp3) is 0.353. The summed E-state index contributed by atoms with van der Waals surface area (Å²) < 4.78 is 1.77. The third-order valence-electron chi connectivity index (χ3n) is 4.23. The molecule has 0 bridgehead atoms. The monoisotopic (exact) mass is 328 g/mol. The van der Waals surface area contributed by atoms with Crippen molar-refractivity contribution in [1.29, 1.82) is 5.26 Å². The van der Waals surface area contributed by atoms with Crippen molar-refractivity contribution in [1.82, 2.24) is 9.78 Å². The Morgan fingerprint density at radius 2 is 2.04 bits per heavy atom. The number of hydrogen-bond acceptors (Lipinski definition) is 4. The van der Waals surface area contributed by atoms with Gasteiger partial charge in [-0.2, -0.15) is 10.4 Å². The van der Waals surface area contributed by atoms with Gasteiger partial charge in [-0.25, -0.2) is 0 Å². The van der Waals surface area contributed by atoms with E-state index in [0.717, 1.165) is 37.7 Å². The highest BCUT2D eigenvalue weighted by atomic mass is 35.5. The lowest BCUT2D eigenvalue weighted by Crippen LogP contribution is -2.22. The molecule has 1 N–H and O–H groups in total. The van der Waals surface area contributed by atoms with Gasteiger partial charge in [0.2, 0.25) is 0 Å². The van der Waals surface area contributed by atoms with Crippen LogP contribution < -0.4 is 5.32 Å². The molecule has 1 aromatic heterocycles. The van der Waals surface area contributed by atoms with Crippen LogP contribution in [0, 0.1) is 17.2 Å². The quantitative estimate of drug-likeness (QED) is 0.847. The number of benzene rings is 1. The summed E-state index contributed by atoms with van der Waals surface area (Å²) in [6.07, 6.45) is 6.47. The fourth-order valence-corrected chi connectivity index (χ4v) is 3.13. The number of nitriles is 1. The Morgan fingerprint density at radius 3 is 2.74 bits per heavy atom. The Bertz CT molecular complexity index is 732. The number of aromatic nitrogens is 2. The first-order valence-electron chi connectivity index (χ1n) is 7.68. The first-order valence-corrected chi connectivity index (χ1v) is 8.05. The number of carbonyl (C=O) groups is 1. The average Bonchev–Trinajstić information content (AvgIpc) is 2.99. The highest BCUT2D eigenvalue weighted by Crippen LogP contribution is 2.34. The molecule has 0 amide bonds. The minimum absolute atomic E-state index is 0.0354. The van der Waals surface area contributed by atoms with Crippen molar-refractivity contribution in [2.45, 2.75) is 31.7 Å². The van der Waals surface area contributed by atoms with E-state index in [1.165, 1.54) is 0 Å². The van der Waals surface area contributed by atoms with Crippen molar-refractivity contribution in [3.8, 4) is 6.07 Å². The second-order valence-electron chi connectivity index (χ2n) is 5.75. The normalized spacial score (nSPS) is 20.7. The smallest absolute Gasteiger partial charge is 0.163 e. The van der Waals surface area contributed by atoms with Crippen molar-refractivity contribution in [2.75, 3.05) is 5.32 Å². The standard InChI is InChI=1S/C17H17ClN4O/c18-14-5-7-15(8-6-14)20-17-13(11-23)10-22(21-17)16-4-2-1-3-12(16)9-19/h5-8,10-12,16H,1-4H2,(H,20,21). The van der Waals surface area contributed by atoms with Crippen LogP contribution in [-0.2, 0) is 0 Å². The number of rotatable bonds is 4. The van der Waals surface area contributed by atoms with Crippen LogP contribution in [0.5, 0.6) is 0 Å². The number of halogens is 1. The molecule has 5 nitrogen and oxygen atoms in total. The molecule has 0 radical (unpaired) electrons. The molecule has 1 fully saturated rings. The topological polar surface area (TPSA) is 70.7 Å². The summed E-state index contributed by atoms with van der Waals surface area (Å²) in [7, 11) is 0. The highest BCUT2D eigenvalue weighted by Gasteiger charge is 2.28. The summed E-state index contributed by atoms with van der Waals surface area (Å²) >= 11 is 5.88. The largest absolute Gasteiger partial charge is 0.338 e. The number of nitrogens with zero attached hydrogens (tertiary/aromatic N) is 3. The number of hydrogen-bond donors (Lipinski definition) is 1. The second kappa shape index (κ2) is 6.84.